The maximum Gasteiger partial charge on any atom is 0.317 e. The molecule has 0 spiro atoms. The van der Waals surface area contributed by atoms with E-state index < -0.39 is 34.5 Å². The second-order valence-corrected chi connectivity index (χ2v) is 6.61. The molecule has 6 heteroatoms. The number of rotatable bonds is 5. The first kappa shape index (κ1) is 18.4. The SMILES string of the molecule is CC(=O)OC(CC(C)(C)C)(OC(C)=O)C(C)(C)C(=O)O. The molecule has 1 N–H and O–H groups in total. The number of carboxylic acid groups (broad SMARTS) is 1. The Balaban J connectivity index is 5.96. The number of hydrogen-bond donors (Lipinski definition) is 1. The number of hydrogen-bond acceptors (Lipinski definition) is 5. The van der Waals surface area contributed by atoms with Crippen molar-refractivity contribution in [2.24, 2.45) is 10.8 Å². The van der Waals surface area contributed by atoms with Gasteiger partial charge in [0.05, 0.1) is 0 Å². The molecule has 0 unspecified atom stereocenters. The summed E-state index contributed by atoms with van der Waals surface area (Å²) in [4.78, 5) is 34.3. The molecular formula is C14H24O6. The topological polar surface area (TPSA) is 89.9 Å². The van der Waals surface area contributed by atoms with Gasteiger partial charge in [0.15, 0.2) is 0 Å². The van der Waals surface area contributed by atoms with Crippen LogP contribution in [0.2, 0.25) is 0 Å². The highest BCUT2D eigenvalue weighted by atomic mass is 16.7. The molecule has 0 aromatic carbocycles. The fourth-order valence-corrected chi connectivity index (χ4v) is 1.89. The van der Waals surface area contributed by atoms with Crippen molar-refractivity contribution in [2.45, 2.75) is 60.7 Å². The summed E-state index contributed by atoms with van der Waals surface area (Å²) in [5.74, 6) is -4.48. The van der Waals surface area contributed by atoms with Gasteiger partial charge < -0.3 is 14.6 Å². The van der Waals surface area contributed by atoms with Crippen LogP contribution in [0.4, 0.5) is 0 Å². The van der Waals surface area contributed by atoms with E-state index in [0.29, 0.717) is 0 Å². The quantitative estimate of drug-likeness (QED) is 0.617. The van der Waals surface area contributed by atoms with Crippen LogP contribution < -0.4 is 0 Å². The average Bonchev–Trinajstić information content (AvgIpc) is 2.11. The third kappa shape index (κ3) is 4.51. The Labute approximate surface area is 119 Å². The van der Waals surface area contributed by atoms with Crippen molar-refractivity contribution in [2.75, 3.05) is 0 Å². The highest BCUT2D eigenvalue weighted by Gasteiger charge is 2.58. The van der Waals surface area contributed by atoms with Crippen LogP contribution >= 0.6 is 0 Å². The van der Waals surface area contributed by atoms with Crippen LogP contribution in [-0.4, -0.2) is 28.8 Å². The molecule has 0 saturated heterocycles. The molecule has 0 aliphatic carbocycles. The normalized spacial score (nSPS) is 12.8. The highest BCUT2D eigenvalue weighted by Crippen LogP contribution is 2.44. The summed E-state index contributed by atoms with van der Waals surface area (Å²) in [5, 5.41) is 9.42. The number of esters is 2. The summed E-state index contributed by atoms with van der Waals surface area (Å²) >= 11 is 0. The van der Waals surface area contributed by atoms with Crippen LogP contribution in [0.25, 0.3) is 0 Å². The van der Waals surface area contributed by atoms with Crippen molar-refractivity contribution < 1.29 is 29.0 Å². The van der Waals surface area contributed by atoms with Crippen LogP contribution in [0, 0.1) is 10.8 Å². The molecule has 0 fully saturated rings. The van der Waals surface area contributed by atoms with Gasteiger partial charge in [-0.3, -0.25) is 14.4 Å². The summed E-state index contributed by atoms with van der Waals surface area (Å²) in [6.07, 6.45) is 0.0679. The Hall–Kier alpha value is -1.59. The zero-order valence-corrected chi connectivity index (χ0v) is 13.2. The monoisotopic (exact) mass is 288 g/mol. The fourth-order valence-electron chi connectivity index (χ4n) is 1.89. The van der Waals surface area contributed by atoms with Gasteiger partial charge in [-0.1, -0.05) is 20.8 Å². The first-order valence-corrected chi connectivity index (χ1v) is 6.36. The van der Waals surface area contributed by atoms with Crippen LogP contribution in [0.15, 0.2) is 0 Å². The standard InChI is InChI=1S/C14H24O6/c1-9(15)19-14(20-10(2)16,8-12(3,4)5)13(6,7)11(17)18/h8H2,1-7H3,(H,17,18). The van der Waals surface area contributed by atoms with Gasteiger partial charge in [0.1, 0.15) is 5.41 Å². The van der Waals surface area contributed by atoms with Crippen molar-refractivity contribution in [3.05, 3.63) is 0 Å². The number of carbonyl (C=O) groups is 3. The molecule has 0 atom stereocenters. The molecule has 0 saturated carbocycles. The zero-order chi connectivity index (χ0) is 16.4. The van der Waals surface area contributed by atoms with E-state index in [2.05, 4.69) is 0 Å². The molecule has 0 aliphatic heterocycles. The zero-order valence-electron chi connectivity index (χ0n) is 13.2. The molecule has 0 aromatic rings. The molecule has 6 nitrogen and oxygen atoms in total. The van der Waals surface area contributed by atoms with Gasteiger partial charge in [-0.05, 0) is 19.3 Å². The molecular weight excluding hydrogens is 264 g/mol. The van der Waals surface area contributed by atoms with E-state index in [-0.39, 0.29) is 6.42 Å². The van der Waals surface area contributed by atoms with Gasteiger partial charge in [0, 0.05) is 20.3 Å². The minimum atomic E-state index is -1.85. The van der Waals surface area contributed by atoms with Gasteiger partial charge in [-0.25, -0.2) is 0 Å². The molecule has 116 valence electrons. The first-order chi connectivity index (χ1) is 8.73. The summed E-state index contributed by atoms with van der Waals surface area (Å²) in [7, 11) is 0. The molecule has 0 heterocycles. The summed E-state index contributed by atoms with van der Waals surface area (Å²) in [6, 6.07) is 0. The molecule has 20 heavy (non-hydrogen) atoms. The molecule has 0 radical (unpaired) electrons. The Kier molecular flexibility index (Phi) is 5.35. The Morgan fingerprint density at radius 1 is 0.900 bits per heavy atom. The van der Waals surface area contributed by atoms with Crippen molar-refractivity contribution in [3.8, 4) is 0 Å². The fraction of sp³-hybridized carbons (Fsp3) is 0.786. The maximum atomic E-state index is 11.5. The van der Waals surface area contributed by atoms with Gasteiger partial charge in [0.2, 0.25) is 0 Å². The van der Waals surface area contributed by atoms with E-state index in [4.69, 9.17) is 9.47 Å². The summed E-state index contributed by atoms with van der Waals surface area (Å²) in [5.41, 5.74) is -2.00. The summed E-state index contributed by atoms with van der Waals surface area (Å²) < 4.78 is 10.4. The van der Waals surface area contributed by atoms with Crippen LogP contribution in [0.3, 0.4) is 0 Å². The van der Waals surface area contributed by atoms with Crippen LogP contribution in [-0.2, 0) is 23.9 Å². The van der Waals surface area contributed by atoms with Crippen LogP contribution in [0.1, 0.15) is 54.9 Å². The van der Waals surface area contributed by atoms with E-state index in [0.717, 1.165) is 13.8 Å². The predicted octanol–water partition coefficient (Wildman–Crippen LogP) is 2.36. The number of carbonyl (C=O) groups excluding carboxylic acids is 2. The Morgan fingerprint density at radius 3 is 1.45 bits per heavy atom. The Morgan fingerprint density at radius 2 is 1.25 bits per heavy atom. The smallest absolute Gasteiger partial charge is 0.317 e. The van der Waals surface area contributed by atoms with Crippen molar-refractivity contribution >= 4 is 17.9 Å². The van der Waals surface area contributed by atoms with Crippen LogP contribution in [0.5, 0.6) is 0 Å². The van der Waals surface area contributed by atoms with E-state index in [1.165, 1.54) is 13.8 Å². The molecule has 0 bridgehead atoms. The lowest BCUT2D eigenvalue weighted by atomic mass is 9.74. The molecule has 0 amide bonds. The minimum absolute atomic E-state index is 0.0679. The molecule has 0 aromatic heterocycles. The summed E-state index contributed by atoms with van der Waals surface area (Å²) in [6.45, 7) is 10.6. The lowest BCUT2D eigenvalue weighted by Crippen LogP contribution is -2.56. The van der Waals surface area contributed by atoms with Gasteiger partial charge in [-0.2, -0.15) is 0 Å². The van der Waals surface area contributed by atoms with E-state index in [1.807, 2.05) is 20.8 Å². The maximum absolute atomic E-state index is 11.5. The van der Waals surface area contributed by atoms with Gasteiger partial charge >= 0.3 is 17.9 Å². The third-order valence-corrected chi connectivity index (χ3v) is 2.87. The minimum Gasteiger partial charge on any atom is -0.481 e. The van der Waals surface area contributed by atoms with Crippen molar-refractivity contribution in [1.29, 1.82) is 0 Å². The van der Waals surface area contributed by atoms with Gasteiger partial charge in [0.25, 0.3) is 5.79 Å². The number of ether oxygens (including phenoxy) is 2. The van der Waals surface area contributed by atoms with E-state index in [1.54, 1.807) is 0 Å². The Bertz CT molecular complexity index is 386. The molecule has 0 aliphatic rings. The third-order valence-electron chi connectivity index (χ3n) is 2.87. The van der Waals surface area contributed by atoms with Gasteiger partial charge in [-0.15, -0.1) is 0 Å². The van der Waals surface area contributed by atoms with Crippen molar-refractivity contribution in [3.63, 3.8) is 0 Å². The second-order valence-electron chi connectivity index (χ2n) is 6.61. The lowest BCUT2D eigenvalue weighted by molar-refractivity contribution is -0.274. The van der Waals surface area contributed by atoms with E-state index in [9.17, 15) is 19.5 Å². The number of aliphatic carboxylic acids is 1. The largest absolute Gasteiger partial charge is 0.481 e. The van der Waals surface area contributed by atoms with Crippen molar-refractivity contribution in [1.82, 2.24) is 0 Å². The highest BCUT2D eigenvalue weighted by molar-refractivity contribution is 5.77. The average molecular weight is 288 g/mol. The second kappa shape index (κ2) is 5.81. The predicted molar refractivity (Wildman–Crippen MR) is 71.8 cm³/mol. The first-order valence-electron chi connectivity index (χ1n) is 6.36. The lowest BCUT2D eigenvalue weighted by Gasteiger charge is -2.44. The molecule has 0 rings (SSSR count). The van der Waals surface area contributed by atoms with E-state index >= 15 is 0 Å². The number of carboxylic acids is 1.